The highest BCUT2D eigenvalue weighted by atomic mass is 35.5. The Morgan fingerprint density at radius 3 is 2.65 bits per heavy atom. The van der Waals surface area contributed by atoms with E-state index in [-0.39, 0.29) is 16.3 Å². The molecule has 0 radical (unpaired) electrons. The van der Waals surface area contributed by atoms with Gasteiger partial charge in [-0.25, -0.2) is 0 Å². The molecule has 7 nitrogen and oxygen atoms in total. The summed E-state index contributed by atoms with van der Waals surface area (Å²) in [6.07, 6.45) is 1.15. The standard InChI is InChI=1S/C17H12Cl2N4O3/c1-10-13(18)3-2-4-15(10)22-17(24)11(8-20)9-21-12-5-6-14(19)16(7-12)23(25)26/h2-7,9,21H,1H3,(H,22,24)/b11-9-. The van der Waals surface area contributed by atoms with Crippen molar-refractivity contribution in [3.63, 3.8) is 0 Å². The number of rotatable bonds is 5. The van der Waals surface area contributed by atoms with Gasteiger partial charge in [0.15, 0.2) is 0 Å². The number of anilines is 2. The molecule has 9 heteroatoms. The Labute approximate surface area is 159 Å². The van der Waals surface area contributed by atoms with Crippen molar-refractivity contribution < 1.29 is 9.72 Å². The fourth-order valence-corrected chi connectivity index (χ4v) is 2.34. The van der Waals surface area contributed by atoms with Crippen LogP contribution in [0, 0.1) is 28.4 Å². The first-order valence-corrected chi connectivity index (χ1v) is 7.96. The van der Waals surface area contributed by atoms with Crippen molar-refractivity contribution in [2.75, 3.05) is 10.6 Å². The van der Waals surface area contributed by atoms with Crippen molar-refractivity contribution in [1.29, 1.82) is 5.26 Å². The van der Waals surface area contributed by atoms with Crippen LogP contribution in [0.25, 0.3) is 0 Å². The van der Waals surface area contributed by atoms with Crippen molar-refractivity contribution in [2.24, 2.45) is 0 Å². The molecule has 2 N–H and O–H groups in total. The van der Waals surface area contributed by atoms with Crippen molar-refractivity contribution >= 4 is 46.2 Å². The molecule has 2 aromatic carbocycles. The molecular formula is C17H12Cl2N4O3. The summed E-state index contributed by atoms with van der Waals surface area (Å²) in [6.45, 7) is 1.73. The maximum Gasteiger partial charge on any atom is 0.289 e. The van der Waals surface area contributed by atoms with Gasteiger partial charge in [-0.2, -0.15) is 5.26 Å². The third-order valence-corrected chi connectivity index (χ3v) is 4.14. The van der Waals surface area contributed by atoms with Crippen molar-refractivity contribution in [1.82, 2.24) is 0 Å². The smallest absolute Gasteiger partial charge is 0.289 e. The average molecular weight is 391 g/mol. The van der Waals surface area contributed by atoms with Crippen LogP contribution in [0.3, 0.4) is 0 Å². The number of nitro groups is 1. The van der Waals surface area contributed by atoms with Gasteiger partial charge in [0, 0.05) is 28.7 Å². The van der Waals surface area contributed by atoms with Gasteiger partial charge in [-0.15, -0.1) is 0 Å². The van der Waals surface area contributed by atoms with Gasteiger partial charge < -0.3 is 10.6 Å². The van der Waals surface area contributed by atoms with E-state index in [2.05, 4.69) is 10.6 Å². The third-order valence-electron chi connectivity index (χ3n) is 3.41. The summed E-state index contributed by atoms with van der Waals surface area (Å²) in [5.41, 5.74) is 0.942. The largest absolute Gasteiger partial charge is 0.360 e. The van der Waals surface area contributed by atoms with E-state index in [0.717, 1.165) is 6.20 Å². The molecule has 0 saturated heterocycles. The summed E-state index contributed by atoms with van der Waals surface area (Å²) < 4.78 is 0. The minimum Gasteiger partial charge on any atom is -0.360 e. The highest BCUT2D eigenvalue weighted by Gasteiger charge is 2.14. The summed E-state index contributed by atoms with van der Waals surface area (Å²) in [5.74, 6) is -0.645. The number of nitrogens with zero attached hydrogens (tertiary/aromatic N) is 2. The van der Waals surface area contributed by atoms with E-state index in [4.69, 9.17) is 23.2 Å². The molecule has 0 aliphatic carbocycles. The van der Waals surface area contributed by atoms with E-state index in [9.17, 15) is 20.2 Å². The zero-order chi connectivity index (χ0) is 19.3. The van der Waals surface area contributed by atoms with E-state index in [0.29, 0.717) is 22.0 Å². The van der Waals surface area contributed by atoms with Gasteiger partial charge in [0.25, 0.3) is 11.6 Å². The first-order chi connectivity index (χ1) is 12.3. The van der Waals surface area contributed by atoms with Crippen LogP contribution in [0.2, 0.25) is 10.0 Å². The fraction of sp³-hybridized carbons (Fsp3) is 0.0588. The predicted molar refractivity (Wildman–Crippen MR) is 100 cm³/mol. The van der Waals surface area contributed by atoms with Gasteiger partial charge >= 0.3 is 0 Å². The van der Waals surface area contributed by atoms with Gasteiger partial charge in [-0.1, -0.05) is 29.3 Å². The third kappa shape index (κ3) is 4.51. The number of nitro benzene ring substituents is 1. The topological polar surface area (TPSA) is 108 Å². The minimum atomic E-state index is -0.645. The molecule has 26 heavy (non-hydrogen) atoms. The molecule has 0 atom stereocenters. The zero-order valence-corrected chi connectivity index (χ0v) is 14.9. The van der Waals surface area contributed by atoms with Gasteiger partial charge in [0.05, 0.1) is 4.92 Å². The Morgan fingerprint density at radius 1 is 1.27 bits per heavy atom. The van der Waals surface area contributed by atoms with E-state index in [1.165, 1.54) is 18.2 Å². The second-order valence-corrected chi connectivity index (χ2v) is 5.92. The monoisotopic (exact) mass is 390 g/mol. The van der Waals surface area contributed by atoms with Crippen LogP contribution in [0.1, 0.15) is 5.56 Å². The molecule has 0 aliphatic heterocycles. The molecule has 0 unspecified atom stereocenters. The van der Waals surface area contributed by atoms with Crippen LogP contribution < -0.4 is 10.6 Å². The minimum absolute atomic E-state index is 0.0146. The van der Waals surface area contributed by atoms with E-state index in [1.807, 2.05) is 0 Å². The van der Waals surface area contributed by atoms with Gasteiger partial charge in [-0.05, 0) is 36.8 Å². The fourth-order valence-electron chi connectivity index (χ4n) is 1.98. The Balaban J connectivity index is 2.19. The van der Waals surface area contributed by atoms with Gasteiger partial charge in [-0.3, -0.25) is 14.9 Å². The molecular weight excluding hydrogens is 379 g/mol. The Morgan fingerprint density at radius 2 is 2.00 bits per heavy atom. The van der Waals surface area contributed by atoms with E-state index >= 15 is 0 Å². The van der Waals surface area contributed by atoms with Crippen LogP contribution in [0.15, 0.2) is 48.2 Å². The number of carbonyl (C=O) groups excluding carboxylic acids is 1. The molecule has 0 spiro atoms. The Hall–Kier alpha value is -3.08. The zero-order valence-electron chi connectivity index (χ0n) is 13.4. The molecule has 1 amide bonds. The summed E-state index contributed by atoms with van der Waals surface area (Å²) >= 11 is 11.7. The highest BCUT2D eigenvalue weighted by Crippen LogP contribution is 2.27. The maximum absolute atomic E-state index is 12.2. The van der Waals surface area contributed by atoms with Crippen LogP contribution in [0.5, 0.6) is 0 Å². The van der Waals surface area contributed by atoms with Crippen molar-refractivity contribution in [3.05, 3.63) is 73.9 Å². The summed E-state index contributed by atoms with van der Waals surface area (Å²) in [4.78, 5) is 22.5. The Bertz CT molecular complexity index is 952. The lowest BCUT2D eigenvalue weighted by atomic mass is 10.2. The number of benzene rings is 2. The lowest BCUT2D eigenvalue weighted by Gasteiger charge is -2.09. The summed E-state index contributed by atoms with van der Waals surface area (Å²) in [6, 6.07) is 10.8. The highest BCUT2D eigenvalue weighted by molar-refractivity contribution is 6.32. The number of carbonyl (C=O) groups is 1. The second-order valence-electron chi connectivity index (χ2n) is 5.10. The summed E-state index contributed by atoms with van der Waals surface area (Å²) in [5, 5.41) is 25.8. The molecule has 0 saturated carbocycles. The SMILES string of the molecule is Cc1c(Cl)cccc1NC(=O)/C(C#N)=C\Nc1ccc(Cl)c([N+](=O)[O-])c1. The molecule has 0 aromatic heterocycles. The molecule has 2 aromatic rings. The first kappa shape index (κ1) is 19.2. The van der Waals surface area contributed by atoms with E-state index < -0.39 is 10.8 Å². The van der Waals surface area contributed by atoms with Crippen LogP contribution >= 0.6 is 23.2 Å². The normalized spacial score (nSPS) is 10.8. The molecule has 0 aliphatic rings. The maximum atomic E-state index is 12.2. The first-order valence-electron chi connectivity index (χ1n) is 7.20. The predicted octanol–water partition coefficient (Wildman–Crippen LogP) is 4.67. The summed E-state index contributed by atoms with van der Waals surface area (Å²) in [7, 11) is 0. The molecule has 0 heterocycles. The molecule has 2 rings (SSSR count). The number of nitrogens with one attached hydrogen (secondary N) is 2. The molecule has 0 bridgehead atoms. The average Bonchev–Trinajstić information content (AvgIpc) is 2.60. The lowest BCUT2D eigenvalue weighted by molar-refractivity contribution is -0.384. The van der Waals surface area contributed by atoms with E-state index in [1.54, 1.807) is 31.2 Å². The lowest BCUT2D eigenvalue weighted by Crippen LogP contribution is -2.15. The van der Waals surface area contributed by atoms with Gasteiger partial charge in [0.1, 0.15) is 16.7 Å². The Kier molecular flexibility index (Phi) is 6.17. The molecule has 0 fully saturated rings. The number of halogens is 2. The van der Waals surface area contributed by atoms with Crippen LogP contribution in [-0.4, -0.2) is 10.8 Å². The van der Waals surface area contributed by atoms with Crippen LogP contribution in [-0.2, 0) is 4.79 Å². The quantitative estimate of drug-likeness (QED) is 0.333. The van der Waals surface area contributed by atoms with Crippen molar-refractivity contribution in [3.8, 4) is 6.07 Å². The number of amides is 1. The molecule has 132 valence electrons. The second kappa shape index (κ2) is 8.34. The van der Waals surface area contributed by atoms with Crippen LogP contribution in [0.4, 0.5) is 17.1 Å². The number of hydrogen-bond acceptors (Lipinski definition) is 5. The van der Waals surface area contributed by atoms with Gasteiger partial charge in [0.2, 0.25) is 0 Å². The number of hydrogen-bond donors (Lipinski definition) is 2. The number of nitriles is 1. The van der Waals surface area contributed by atoms with Crippen molar-refractivity contribution in [2.45, 2.75) is 6.92 Å².